The number of nitrogens with one attached hydrogen (secondary N) is 1. The Morgan fingerprint density at radius 3 is 2.43 bits per heavy atom. The molecule has 1 heterocycles. The van der Waals surface area contributed by atoms with Gasteiger partial charge in [-0.05, 0) is 31.8 Å². The number of fused-ring (bicyclic) bond motifs is 1. The number of nitrogens with zero attached hydrogens (tertiary/aromatic N) is 2. The Balaban J connectivity index is 0.00000280. The van der Waals surface area contributed by atoms with Crippen LogP contribution in [0.3, 0.4) is 0 Å². The van der Waals surface area contributed by atoms with Crippen LogP contribution >= 0.6 is 24.2 Å². The fraction of sp³-hybridized carbons (Fsp3) is 0.300. The topological polar surface area (TPSA) is 72.9 Å². The molecule has 1 aliphatic rings. The van der Waals surface area contributed by atoms with Gasteiger partial charge in [0.2, 0.25) is 0 Å². The van der Waals surface area contributed by atoms with Gasteiger partial charge in [-0.3, -0.25) is 4.79 Å². The number of carbonyl (C=O) groups is 2. The molecule has 2 N–H and O–H groups in total. The lowest BCUT2D eigenvalue weighted by molar-refractivity contribution is -0.120. The standard InChI is InChI=1S/C20H23N3O3S.ClH/c1-22(2)12-13-23-15-10-6-7-11-16(15)27-18(14-8-4-3-5-9-14)17(19(23)24)21-20(25)26;/h3-11,17-18,21H,12-13H2,1-2H3,(H,25,26);1H/t17-,18+;/m0./s1. The van der Waals surface area contributed by atoms with Crippen molar-refractivity contribution in [2.75, 3.05) is 32.1 Å². The molecule has 0 unspecified atom stereocenters. The first kappa shape index (κ1) is 22.1. The van der Waals surface area contributed by atoms with Gasteiger partial charge < -0.3 is 20.2 Å². The van der Waals surface area contributed by atoms with E-state index in [9.17, 15) is 14.7 Å². The van der Waals surface area contributed by atoms with E-state index in [0.717, 1.165) is 16.1 Å². The Bertz CT molecular complexity index is 819. The van der Waals surface area contributed by atoms with Crippen molar-refractivity contribution in [3.8, 4) is 0 Å². The zero-order chi connectivity index (χ0) is 19.4. The van der Waals surface area contributed by atoms with Crippen LogP contribution in [0.25, 0.3) is 0 Å². The maximum Gasteiger partial charge on any atom is 0.405 e. The molecule has 3 rings (SSSR count). The summed E-state index contributed by atoms with van der Waals surface area (Å²) in [5.74, 6) is -0.231. The van der Waals surface area contributed by atoms with Crippen LogP contribution in [0.1, 0.15) is 10.8 Å². The number of hydrogen-bond acceptors (Lipinski definition) is 4. The Labute approximate surface area is 175 Å². The Morgan fingerprint density at radius 2 is 1.79 bits per heavy atom. The van der Waals surface area contributed by atoms with E-state index in [4.69, 9.17) is 0 Å². The first-order valence-electron chi connectivity index (χ1n) is 8.73. The second-order valence-corrected chi connectivity index (χ2v) is 7.82. The number of amides is 2. The average Bonchev–Trinajstić information content (AvgIpc) is 2.76. The highest BCUT2D eigenvalue weighted by Crippen LogP contribution is 2.45. The molecule has 0 aromatic heterocycles. The van der Waals surface area contributed by atoms with E-state index in [0.29, 0.717) is 13.1 Å². The van der Waals surface area contributed by atoms with Gasteiger partial charge in [0.25, 0.3) is 5.91 Å². The van der Waals surface area contributed by atoms with Crippen molar-refractivity contribution >= 4 is 41.9 Å². The molecule has 0 saturated carbocycles. The molecule has 2 amide bonds. The quantitative estimate of drug-likeness (QED) is 0.773. The Morgan fingerprint density at radius 1 is 1.14 bits per heavy atom. The number of anilines is 1. The zero-order valence-corrected chi connectivity index (χ0v) is 17.4. The predicted octanol–water partition coefficient (Wildman–Crippen LogP) is 3.49. The zero-order valence-electron chi connectivity index (χ0n) is 15.7. The third kappa shape index (κ3) is 4.98. The molecule has 0 spiro atoms. The van der Waals surface area contributed by atoms with Gasteiger partial charge in [-0.15, -0.1) is 24.2 Å². The number of rotatable bonds is 5. The van der Waals surface area contributed by atoms with Crippen molar-refractivity contribution in [3.05, 3.63) is 60.2 Å². The molecule has 0 bridgehead atoms. The lowest BCUT2D eigenvalue weighted by Gasteiger charge is -2.28. The van der Waals surface area contributed by atoms with Crippen LogP contribution in [0.2, 0.25) is 0 Å². The summed E-state index contributed by atoms with van der Waals surface area (Å²) in [5, 5.41) is 11.5. The van der Waals surface area contributed by atoms with E-state index in [-0.39, 0.29) is 23.6 Å². The molecule has 0 aliphatic carbocycles. The number of hydrogen-bond donors (Lipinski definition) is 2. The fourth-order valence-electron chi connectivity index (χ4n) is 3.11. The van der Waals surface area contributed by atoms with E-state index >= 15 is 0 Å². The summed E-state index contributed by atoms with van der Waals surface area (Å²) < 4.78 is 0. The predicted molar refractivity (Wildman–Crippen MR) is 115 cm³/mol. The molecular weight excluding hydrogens is 398 g/mol. The monoisotopic (exact) mass is 421 g/mol. The van der Waals surface area contributed by atoms with Crippen molar-refractivity contribution in [1.82, 2.24) is 10.2 Å². The van der Waals surface area contributed by atoms with E-state index in [1.165, 1.54) is 11.8 Å². The van der Waals surface area contributed by atoms with Crippen molar-refractivity contribution in [2.24, 2.45) is 0 Å². The molecule has 8 heteroatoms. The van der Waals surface area contributed by atoms with Crippen LogP contribution < -0.4 is 10.2 Å². The first-order valence-corrected chi connectivity index (χ1v) is 9.61. The maximum absolute atomic E-state index is 13.4. The van der Waals surface area contributed by atoms with Crippen molar-refractivity contribution in [3.63, 3.8) is 0 Å². The molecule has 2 aromatic rings. The number of thioether (sulfide) groups is 1. The highest BCUT2D eigenvalue weighted by Gasteiger charge is 2.39. The molecule has 0 radical (unpaired) electrons. The number of carboxylic acid groups (broad SMARTS) is 1. The minimum Gasteiger partial charge on any atom is -0.465 e. The normalized spacial score (nSPS) is 18.8. The summed E-state index contributed by atoms with van der Waals surface area (Å²) in [6.07, 6.45) is -1.20. The number of likely N-dealkylation sites (N-methyl/N-ethyl adjacent to an activating group) is 1. The van der Waals surface area contributed by atoms with Crippen LogP contribution in [0.15, 0.2) is 59.5 Å². The smallest absolute Gasteiger partial charge is 0.405 e. The first-order chi connectivity index (χ1) is 13.0. The number of carbonyl (C=O) groups excluding carboxylic acids is 1. The van der Waals surface area contributed by atoms with Crippen LogP contribution in [-0.2, 0) is 4.79 Å². The molecule has 0 saturated heterocycles. The van der Waals surface area contributed by atoms with Gasteiger partial charge in [0.15, 0.2) is 0 Å². The molecule has 0 fully saturated rings. The highest BCUT2D eigenvalue weighted by molar-refractivity contribution is 7.99. The molecule has 150 valence electrons. The molecule has 2 atom stereocenters. The largest absolute Gasteiger partial charge is 0.465 e. The fourth-order valence-corrected chi connectivity index (χ4v) is 4.45. The van der Waals surface area contributed by atoms with Gasteiger partial charge in [0.05, 0.1) is 10.9 Å². The van der Waals surface area contributed by atoms with Gasteiger partial charge >= 0.3 is 6.09 Å². The lowest BCUT2D eigenvalue weighted by Crippen LogP contribution is -2.51. The van der Waals surface area contributed by atoms with Crippen LogP contribution in [0.4, 0.5) is 10.5 Å². The summed E-state index contributed by atoms with van der Waals surface area (Å²) >= 11 is 1.52. The molecule has 2 aromatic carbocycles. The van der Waals surface area contributed by atoms with Crippen molar-refractivity contribution in [2.45, 2.75) is 16.2 Å². The lowest BCUT2D eigenvalue weighted by atomic mass is 10.0. The number of benzene rings is 2. The molecule has 6 nitrogen and oxygen atoms in total. The van der Waals surface area contributed by atoms with Crippen LogP contribution in [0, 0.1) is 0 Å². The summed E-state index contributed by atoms with van der Waals surface area (Å²) in [5.41, 5.74) is 1.74. The second-order valence-electron chi connectivity index (χ2n) is 6.64. The SMILES string of the molecule is CN(C)CCN1C(=O)[C@@H](NC(=O)O)[C@@H](c2ccccc2)Sc2ccccc21.Cl. The number of halogens is 1. The average molecular weight is 422 g/mol. The number of para-hydroxylation sites is 1. The van der Waals surface area contributed by atoms with Gasteiger partial charge in [-0.25, -0.2) is 4.79 Å². The molecule has 28 heavy (non-hydrogen) atoms. The minimum atomic E-state index is -1.20. The third-order valence-corrected chi connectivity index (χ3v) is 5.82. The Hall–Kier alpha value is -2.22. The van der Waals surface area contributed by atoms with Crippen molar-refractivity contribution in [1.29, 1.82) is 0 Å². The van der Waals surface area contributed by atoms with Gasteiger partial charge in [0, 0.05) is 18.0 Å². The summed E-state index contributed by atoms with van der Waals surface area (Å²) in [7, 11) is 3.89. The molecule has 1 aliphatic heterocycles. The van der Waals surface area contributed by atoms with Gasteiger partial charge in [0.1, 0.15) is 6.04 Å². The van der Waals surface area contributed by atoms with E-state index in [1.807, 2.05) is 73.6 Å². The maximum atomic E-state index is 13.4. The van der Waals surface area contributed by atoms with Crippen LogP contribution in [0.5, 0.6) is 0 Å². The van der Waals surface area contributed by atoms with Gasteiger partial charge in [-0.1, -0.05) is 42.5 Å². The summed E-state index contributed by atoms with van der Waals surface area (Å²) in [4.78, 5) is 29.5. The van der Waals surface area contributed by atoms with Gasteiger partial charge in [-0.2, -0.15) is 0 Å². The Kier molecular flexibility index (Phi) is 7.74. The van der Waals surface area contributed by atoms with E-state index in [2.05, 4.69) is 5.32 Å². The third-order valence-electron chi connectivity index (χ3n) is 4.42. The van der Waals surface area contributed by atoms with Crippen molar-refractivity contribution < 1.29 is 14.7 Å². The second kappa shape index (κ2) is 9.82. The minimum absolute atomic E-state index is 0. The summed E-state index contributed by atoms with van der Waals surface area (Å²) in [6, 6.07) is 16.4. The summed E-state index contributed by atoms with van der Waals surface area (Å²) in [6.45, 7) is 1.17. The van der Waals surface area contributed by atoms with Crippen LogP contribution in [-0.4, -0.2) is 55.2 Å². The van der Waals surface area contributed by atoms with E-state index < -0.39 is 12.1 Å². The highest BCUT2D eigenvalue weighted by atomic mass is 35.5. The van der Waals surface area contributed by atoms with E-state index in [1.54, 1.807) is 4.90 Å². The molecular formula is C20H24ClN3O3S.